The Morgan fingerprint density at radius 2 is 2.31 bits per heavy atom. The van der Waals surface area contributed by atoms with Crippen LogP contribution in [0.2, 0.25) is 0 Å². The minimum Gasteiger partial charge on any atom is -0.392 e. The smallest absolute Gasteiger partial charge is 0.133 e. The summed E-state index contributed by atoms with van der Waals surface area (Å²) in [5.41, 5.74) is 2.45. The van der Waals surface area contributed by atoms with Crippen LogP contribution in [0.15, 0.2) is 16.8 Å². The fraction of sp³-hybridized carbons (Fsp3) is 0.786. The van der Waals surface area contributed by atoms with E-state index in [1.807, 2.05) is 0 Å². The van der Waals surface area contributed by atoms with Gasteiger partial charge in [-0.3, -0.25) is 0 Å². The Morgan fingerprint density at radius 1 is 1.56 bits per heavy atom. The van der Waals surface area contributed by atoms with E-state index in [2.05, 4.69) is 38.9 Å². The maximum Gasteiger partial charge on any atom is 0.133 e. The predicted molar refractivity (Wildman–Crippen MR) is 69.7 cm³/mol. The lowest BCUT2D eigenvalue weighted by atomic mass is 10.0. The molecular formula is C14H25NO. The van der Waals surface area contributed by atoms with Crippen molar-refractivity contribution < 1.29 is 4.84 Å². The van der Waals surface area contributed by atoms with E-state index in [4.69, 9.17) is 4.84 Å². The van der Waals surface area contributed by atoms with Crippen LogP contribution in [0.25, 0.3) is 0 Å². The normalized spacial score (nSPS) is 21.2. The van der Waals surface area contributed by atoms with Crippen LogP contribution < -0.4 is 0 Å². The first-order valence-corrected chi connectivity index (χ1v) is 6.53. The van der Waals surface area contributed by atoms with E-state index < -0.39 is 0 Å². The molecule has 1 aliphatic heterocycles. The number of allylic oxidation sites excluding steroid dienone is 2. The van der Waals surface area contributed by atoms with Crippen molar-refractivity contribution in [1.82, 2.24) is 0 Å². The largest absolute Gasteiger partial charge is 0.392 e. The van der Waals surface area contributed by atoms with Crippen LogP contribution in [0.3, 0.4) is 0 Å². The van der Waals surface area contributed by atoms with Crippen LogP contribution in [0.4, 0.5) is 0 Å². The Kier molecular flexibility index (Phi) is 5.58. The molecule has 0 bridgehead atoms. The Morgan fingerprint density at radius 3 is 2.94 bits per heavy atom. The van der Waals surface area contributed by atoms with Crippen molar-refractivity contribution in [1.29, 1.82) is 0 Å². The number of hydrogen-bond donors (Lipinski definition) is 0. The van der Waals surface area contributed by atoms with Gasteiger partial charge in [-0.05, 0) is 37.7 Å². The Balaban J connectivity index is 2.36. The van der Waals surface area contributed by atoms with Crippen LogP contribution in [-0.4, -0.2) is 11.8 Å². The molecule has 1 unspecified atom stereocenters. The number of nitrogens with zero attached hydrogens (tertiary/aromatic N) is 1. The molecule has 92 valence electrons. The first kappa shape index (κ1) is 13.3. The molecule has 0 aromatic rings. The monoisotopic (exact) mass is 223 g/mol. The molecule has 0 amide bonds. The lowest BCUT2D eigenvalue weighted by molar-refractivity contribution is 0.0774. The predicted octanol–water partition coefficient (Wildman–Crippen LogP) is 4.31. The van der Waals surface area contributed by atoms with E-state index >= 15 is 0 Å². The van der Waals surface area contributed by atoms with Gasteiger partial charge >= 0.3 is 0 Å². The molecule has 0 spiro atoms. The van der Waals surface area contributed by atoms with Crippen molar-refractivity contribution in [2.45, 2.75) is 65.9 Å². The Labute approximate surface area is 99.8 Å². The summed E-state index contributed by atoms with van der Waals surface area (Å²) in [5.74, 6) is 0.716. The van der Waals surface area contributed by atoms with E-state index in [0.717, 1.165) is 25.0 Å². The minimum atomic E-state index is 0.331. The van der Waals surface area contributed by atoms with Gasteiger partial charge in [-0.2, -0.15) is 0 Å². The molecule has 0 radical (unpaired) electrons. The third-order valence-electron chi connectivity index (χ3n) is 2.96. The van der Waals surface area contributed by atoms with Gasteiger partial charge in [0.05, 0.1) is 5.71 Å². The zero-order chi connectivity index (χ0) is 12.0. The van der Waals surface area contributed by atoms with Gasteiger partial charge in [0.2, 0.25) is 0 Å². The van der Waals surface area contributed by atoms with Gasteiger partial charge in [-0.25, -0.2) is 0 Å². The number of hydrogen-bond acceptors (Lipinski definition) is 2. The zero-order valence-electron chi connectivity index (χ0n) is 11.1. The SMILES string of the molecule is CCCCC1CC(/C(C)=C/CC(C)C)=NO1. The highest BCUT2D eigenvalue weighted by Gasteiger charge is 2.20. The van der Waals surface area contributed by atoms with Gasteiger partial charge in [0.1, 0.15) is 6.10 Å². The van der Waals surface area contributed by atoms with Crippen LogP contribution in [0.1, 0.15) is 59.8 Å². The molecule has 16 heavy (non-hydrogen) atoms. The highest BCUT2D eigenvalue weighted by molar-refractivity contribution is 6.00. The molecule has 1 aliphatic rings. The molecule has 1 rings (SSSR count). The Hall–Kier alpha value is -0.790. The summed E-state index contributed by atoms with van der Waals surface area (Å²) in [7, 11) is 0. The molecule has 0 saturated heterocycles. The summed E-state index contributed by atoms with van der Waals surface area (Å²) < 4.78 is 0. The fourth-order valence-electron chi connectivity index (χ4n) is 1.78. The van der Waals surface area contributed by atoms with Gasteiger partial charge < -0.3 is 4.84 Å². The maximum absolute atomic E-state index is 5.44. The average molecular weight is 223 g/mol. The van der Waals surface area contributed by atoms with Crippen molar-refractivity contribution in [3.8, 4) is 0 Å². The summed E-state index contributed by atoms with van der Waals surface area (Å²) >= 11 is 0. The third-order valence-corrected chi connectivity index (χ3v) is 2.96. The molecule has 2 nitrogen and oxygen atoms in total. The molecule has 2 heteroatoms. The molecular weight excluding hydrogens is 198 g/mol. The first-order chi connectivity index (χ1) is 7.63. The van der Waals surface area contributed by atoms with Crippen LogP contribution in [0.5, 0.6) is 0 Å². The number of oxime groups is 1. The van der Waals surface area contributed by atoms with Crippen LogP contribution >= 0.6 is 0 Å². The van der Waals surface area contributed by atoms with Gasteiger partial charge in [-0.1, -0.05) is 38.4 Å². The van der Waals surface area contributed by atoms with E-state index in [9.17, 15) is 0 Å². The quantitative estimate of drug-likeness (QED) is 0.657. The lowest BCUT2D eigenvalue weighted by Gasteiger charge is -2.06. The van der Waals surface area contributed by atoms with Crippen LogP contribution in [-0.2, 0) is 4.84 Å². The summed E-state index contributed by atoms with van der Waals surface area (Å²) in [6.07, 6.45) is 8.36. The van der Waals surface area contributed by atoms with Gasteiger partial charge in [0.25, 0.3) is 0 Å². The molecule has 0 aliphatic carbocycles. The van der Waals surface area contributed by atoms with E-state index in [0.29, 0.717) is 12.0 Å². The summed E-state index contributed by atoms with van der Waals surface area (Å²) in [6, 6.07) is 0. The zero-order valence-corrected chi connectivity index (χ0v) is 11.1. The second-order valence-corrected chi connectivity index (χ2v) is 5.13. The van der Waals surface area contributed by atoms with Crippen molar-refractivity contribution in [3.63, 3.8) is 0 Å². The number of rotatable bonds is 6. The van der Waals surface area contributed by atoms with E-state index in [-0.39, 0.29) is 0 Å². The highest BCUT2D eigenvalue weighted by Crippen LogP contribution is 2.20. The van der Waals surface area contributed by atoms with Crippen molar-refractivity contribution in [2.24, 2.45) is 11.1 Å². The summed E-state index contributed by atoms with van der Waals surface area (Å²) in [5, 5.41) is 4.20. The van der Waals surface area contributed by atoms with E-state index in [1.165, 1.54) is 18.4 Å². The molecule has 1 heterocycles. The van der Waals surface area contributed by atoms with Crippen molar-refractivity contribution in [3.05, 3.63) is 11.6 Å². The fourth-order valence-corrected chi connectivity index (χ4v) is 1.78. The van der Waals surface area contributed by atoms with Gasteiger partial charge in [-0.15, -0.1) is 0 Å². The summed E-state index contributed by atoms with van der Waals surface area (Å²) in [4.78, 5) is 5.44. The molecule has 1 atom stereocenters. The van der Waals surface area contributed by atoms with E-state index in [1.54, 1.807) is 0 Å². The lowest BCUT2D eigenvalue weighted by Crippen LogP contribution is -2.08. The Bertz CT molecular complexity index is 266. The minimum absolute atomic E-state index is 0.331. The average Bonchev–Trinajstić information content (AvgIpc) is 2.71. The molecule has 0 aromatic heterocycles. The number of unbranched alkanes of at least 4 members (excludes halogenated alkanes) is 1. The third kappa shape index (κ3) is 4.38. The molecule has 0 saturated carbocycles. The second-order valence-electron chi connectivity index (χ2n) is 5.13. The molecule has 0 N–H and O–H groups in total. The maximum atomic E-state index is 5.44. The van der Waals surface area contributed by atoms with Gasteiger partial charge in [0, 0.05) is 6.42 Å². The standard InChI is InChI=1S/C14H25NO/c1-5-6-7-13-10-14(15-16-13)12(4)9-8-11(2)3/h9,11,13H,5-8,10H2,1-4H3/b12-9+. The second kappa shape index (κ2) is 6.72. The molecule has 0 aromatic carbocycles. The van der Waals surface area contributed by atoms with Crippen LogP contribution in [0, 0.1) is 5.92 Å². The topological polar surface area (TPSA) is 21.6 Å². The highest BCUT2D eigenvalue weighted by atomic mass is 16.6. The molecule has 0 fully saturated rings. The first-order valence-electron chi connectivity index (χ1n) is 6.53. The van der Waals surface area contributed by atoms with Crippen molar-refractivity contribution in [2.75, 3.05) is 0 Å². The van der Waals surface area contributed by atoms with Crippen molar-refractivity contribution >= 4 is 5.71 Å². The summed E-state index contributed by atoms with van der Waals surface area (Å²) in [6.45, 7) is 8.83. The van der Waals surface area contributed by atoms with Gasteiger partial charge in [0.15, 0.2) is 0 Å².